The number of hydrogen-bond donors (Lipinski definition) is 1. The molecule has 0 aliphatic heterocycles. The molecule has 0 heterocycles. The van der Waals surface area contributed by atoms with Crippen LogP contribution in [0.15, 0.2) is 24.3 Å². The fraction of sp³-hybridized carbons (Fsp3) is 0.455. The van der Waals surface area contributed by atoms with E-state index in [1.807, 2.05) is 0 Å². The summed E-state index contributed by atoms with van der Waals surface area (Å²) in [5, 5.41) is 0. The lowest BCUT2D eigenvalue weighted by atomic mass is 9.95. The first-order valence-corrected chi connectivity index (χ1v) is 4.86. The Morgan fingerprint density at radius 2 is 1.62 bits per heavy atom. The molecule has 1 fully saturated rings. The molecule has 1 aromatic carbocycles. The van der Waals surface area contributed by atoms with Crippen molar-refractivity contribution in [1.29, 1.82) is 0 Å². The van der Waals surface area contributed by atoms with Crippen molar-refractivity contribution in [3.05, 3.63) is 35.4 Å². The fourth-order valence-corrected chi connectivity index (χ4v) is 1.77. The third-order valence-electron chi connectivity index (χ3n) is 3.07. The van der Waals surface area contributed by atoms with Gasteiger partial charge < -0.3 is 5.73 Å². The van der Waals surface area contributed by atoms with Gasteiger partial charge in [-0.25, -0.2) is 0 Å². The summed E-state index contributed by atoms with van der Waals surface area (Å²) in [6, 6.07) is 5.35. The van der Waals surface area contributed by atoms with E-state index in [1.165, 1.54) is 0 Å². The zero-order valence-electron chi connectivity index (χ0n) is 8.55. The van der Waals surface area contributed by atoms with Gasteiger partial charge in [-0.2, -0.15) is 13.2 Å². The highest BCUT2D eigenvalue weighted by atomic mass is 35.5. The number of rotatable bonds is 2. The van der Waals surface area contributed by atoms with Gasteiger partial charge in [-0.1, -0.05) is 12.1 Å². The maximum atomic E-state index is 12.3. The molecule has 2 N–H and O–H groups in total. The fourth-order valence-electron chi connectivity index (χ4n) is 1.77. The second-order valence-corrected chi connectivity index (χ2v) is 4.06. The molecule has 16 heavy (non-hydrogen) atoms. The van der Waals surface area contributed by atoms with E-state index in [0.717, 1.165) is 30.5 Å². The van der Waals surface area contributed by atoms with Gasteiger partial charge in [-0.05, 0) is 30.5 Å². The highest BCUT2D eigenvalue weighted by Gasteiger charge is 2.43. The molecule has 1 aromatic rings. The zero-order valence-corrected chi connectivity index (χ0v) is 9.37. The van der Waals surface area contributed by atoms with Crippen molar-refractivity contribution in [3.8, 4) is 0 Å². The Morgan fingerprint density at radius 1 is 1.12 bits per heavy atom. The van der Waals surface area contributed by atoms with Gasteiger partial charge in [-0.15, -0.1) is 12.4 Å². The summed E-state index contributed by atoms with van der Waals surface area (Å²) < 4.78 is 36.9. The molecule has 0 saturated heterocycles. The van der Waals surface area contributed by atoms with Crippen LogP contribution in [-0.4, -0.2) is 6.54 Å². The second kappa shape index (κ2) is 4.26. The monoisotopic (exact) mass is 251 g/mol. The highest BCUT2D eigenvalue weighted by Crippen LogP contribution is 2.47. The maximum Gasteiger partial charge on any atom is 0.416 e. The lowest BCUT2D eigenvalue weighted by molar-refractivity contribution is -0.137. The van der Waals surface area contributed by atoms with Crippen LogP contribution in [0.1, 0.15) is 24.0 Å². The van der Waals surface area contributed by atoms with E-state index in [4.69, 9.17) is 5.73 Å². The van der Waals surface area contributed by atoms with Gasteiger partial charge in [0.25, 0.3) is 0 Å². The summed E-state index contributed by atoms with van der Waals surface area (Å²) in [5.41, 5.74) is 5.90. The quantitative estimate of drug-likeness (QED) is 0.859. The molecule has 5 heteroatoms. The van der Waals surface area contributed by atoms with Crippen LogP contribution in [0, 0.1) is 0 Å². The molecule has 0 amide bonds. The number of benzene rings is 1. The van der Waals surface area contributed by atoms with Crippen LogP contribution in [0.3, 0.4) is 0 Å². The normalized spacial score (nSPS) is 17.8. The van der Waals surface area contributed by atoms with Crippen LogP contribution in [0.25, 0.3) is 0 Å². The molecule has 0 unspecified atom stereocenters. The average molecular weight is 252 g/mol. The van der Waals surface area contributed by atoms with Crippen LogP contribution >= 0.6 is 12.4 Å². The molecule has 0 atom stereocenters. The predicted molar refractivity (Wildman–Crippen MR) is 58.7 cm³/mol. The molecule has 0 radical (unpaired) electrons. The summed E-state index contributed by atoms with van der Waals surface area (Å²) in [6.45, 7) is 0.512. The van der Waals surface area contributed by atoms with E-state index in [9.17, 15) is 13.2 Å². The molecule has 1 saturated carbocycles. The van der Waals surface area contributed by atoms with Crippen LogP contribution < -0.4 is 5.73 Å². The van der Waals surface area contributed by atoms with Crippen LogP contribution in [0.4, 0.5) is 13.2 Å². The molecule has 0 aromatic heterocycles. The summed E-state index contributed by atoms with van der Waals surface area (Å²) in [6.07, 6.45) is -2.29. The van der Waals surface area contributed by atoms with Gasteiger partial charge in [0.15, 0.2) is 0 Å². The van der Waals surface area contributed by atoms with Crippen molar-refractivity contribution in [2.24, 2.45) is 5.73 Å². The molecule has 0 bridgehead atoms. The van der Waals surface area contributed by atoms with Crippen LogP contribution in [0.2, 0.25) is 0 Å². The first kappa shape index (κ1) is 13.3. The maximum absolute atomic E-state index is 12.3. The Kier molecular flexibility index (Phi) is 3.55. The lowest BCUT2D eigenvalue weighted by Gasteiger charge is -2.14. The summed E-state index contributed by atoms with van der Waals surface area (Å²) >= 11 is 0. The number of hydrogen-bond acceptors (Lipinski definition) is 1. The molecule has 90 valence electrons. The average Bonchev–Trinajstić information content (AvgIpc) is 2.97. The molecule has 1 aliphatic rings. The van der Waals surface area contributed by atoms with Crippen LogP contribution in [-0.2, 0) is 11.6 Å². The Labute approximate surface area is 98.2 Å². The molecule has 2 rings (SSSR count). The van der Waals surface area contributed by atoms with E-state index < -0.39 is 11.7 Å². The first-order chi connectivity index (χ1) is 6.98. The number of nitrogens with two attached hydrogens (primary N) is 1. The van der Waals surface area contributed by atoms with E-state index in [-0.39, 0.29) is 17.8 Å². The van der Waals surface area contributed by atoms with E-state index >= 15 is 0 Å². The molecular weight excluding hydrogens is 239 g/mol. The lowest BCUT2D eigenvalue weighted by Crippen LogP contribution is -2.19. The number of alkyl halides is 3. The van der Waals surface area contributed by atoms with Gasteiger partial charge in [0, 0.05) is 12.0 Å². The third kappa shape index (κ3) is 2.33. The second-order valence-electron chi connectivity index (χ2n) is 4.06. The van der Waals surface area contributed by atoms with Gasteiger partial charge in [0.1, 0.15) is 0 Å². The topological polar surface area (TPSA) is 26.0 Å². The molecular formula is C11H13ClF3N. The van der Waals surface area contributed by atoms with Crippen molar-refractivity contribution in [2.75, 3.05) is 6.54 Å². The van der Waals surface area contributed by atoms with Crippen molar-refractivity contribution < 1.29 is 13.2 Å². The standard InChI is InChI=1S/C11H12F3N.ClH/c12-11(13,14)9-3-1-8(2-4-9)10(7-15)5-6-10;/h1-4H,5-7,15H2;1H. The predicted octanol–water partition coefficient (Wildman–Crippen LogP) is 3.12. The molecule has 1 aliphatic carbocycles. The first-order valence-electron chi connectivity index (χ1n) is 4.86. The van der Waals surface area contributed by atoms with Gasteiger partial charge in [-0.3, -0.25) is 0 Å². The van der Waals surface area contributed by atoms with Crippen LogP contribution in [0.5, 0.6) is 0 Å². The minimum absolute atomic E-state index is 0. The highest BCUT2D eigenvalue weighted by molar-refractivity contribution is 5.85. The zero-order chi connectivity index (χ0) is 11.1. The Hall–Kier alpha value is -0.740. The van der Waals surface area contributed by atoms with Crippen molar-refractivity contribution in [2.45, 2.75) is 24.4 Å². The summed E-state index contributed by atoms with van der Waals surface area (Å²) in [5.74, 6) is 0. The van der Waals surface area contributed by atoms with Crippen molar-refractivity contribution in [1.82, 2.24) is 0 Å². The smallest absolute Gasteiger partial charge is 0.330 e. The summed E-state index contributed by atoms with van der Waals surface area (Å²) in [4.78, 5) is 0. The Bertz CT molecular complexity index is 354. The van der Waals surface area contributed by atoms with E-state index in [2.05, 4.69) is 0 Å². The Balaban J connectivity index is 0.00000128. The van der Waals surface area contributed by atoms with E-state index in [1.54, 1.807) is 12.1 Å². The van der Waals surface area contributed by atoms with Gasteiger partial charge in [0.2, 0.25) is 0 Å². The molecule has 1 nitrogen and oxygen atoms in total. The minimum atomic E-state index is -4.25. The number of halogens is 4. The van der Waals surface area contributed by atoms with Crippen molar-refractivity contribution in [3.63, 3.8) is 0 Å². The molecule has 0 spiro atoms. The van der Waals surface area contributed by atoms with Gasteiger partial charge >= 0.3 is 6.18 Å². The largest absolute Gasteiger partial charge is 0.416 e. The van der Waals surface area contributed by atoms with E-state index in [0.29, 0.717) is 6.54 Å². The van der Waals surface area contributed by atoms with Crippen molar-refractivity contribution >= 4 is 12.4 Å². The third-order valence-corrected chi connectivity index (χ3v) is 3.07. The SMILES string of the molecule is Cl.NCC1(c2ccc(C(F)(F)F)cc2)CC1. The van der Waals surface area contributed by atoms with Gasteiger partial charge in [0.05, 0.1) is 5.56 Å². The summed E-state index contributed by atoms with van der Waals surface area (Å²) in [7, 11) is 0. The minimum Gasteiger partial charge on any atom is -0.330 e. The Morgan fingerprint density at radius 3 is 1.94 bits per heavy atom.